The molecule has 2 aromatic carbocycles. The summed E-state index contributed by atoms with van der Waals surface area (Å²) in [6.45, 7) is 4.69. The van der Waals surface area contributed by atoms with Crippen molar-refractivity contribution in [1.82, 2.24) is 5.32 Å². The van der Waals surface area contributed by atoms with Crippen LogP contribution in [0, 0.1) is 0 Å². The number of nitrogen functional groups attached to an aromatic ring is 1. The van der Waals surface area contributed by atoms with Gasteiger partial charge in [0.05, 0.1) is 0 Å². The Hall–Kier alpha value is -2.33. The Bertz CT molecular complexity index is 635. The van der Waals surface area contributed by atoms with Crippen LogP contribution in [0.4, 0.5) is 5.69 Å². The van der Waals surface area contributed by atoms with Gasteiger partial charge < -0.3 is 16.8 Å². The molecule has 5 N–H and O–H groups in total. The molecule has 0 heterocycles. The number of carbonyl (C=O) groups is 1. The lowest BCUT2D eigenvalue weighted by Gasteiger charge is -2.14. The topological polar surface area (TPSA) is 81.1 Å². The average Bonchev–Trinajstić information content (AvgIpc) is 2.52. The molecule has 1 amide bonds. The van der Waals surface area contributed by atoms with Crippen LogP contribution in [0.5, 0.6) is 0 Å². The molecule has 4 nitrogen and oxygen atoms in total. The van der Waals surface area contributed by atoms with Crippen molar-refractivity contribution in [2.75, 3.05) is 12.3 Å². The van der Waals surface area contributed by atoms with Crippen LogP contribution >= 0.6 is 0 Å². The van der Waals surface area contributed by atoms with Crippen molar-refractivity contribution in [1.29, 1.82) is 0 Å². The van der Waals surface area contributed by atoms with E-state index in [1.165, 1.54) is 5.56 Å². The number of benzene rings is 2. The molecule has 0 bridgehead atoms. The smallest absolute Gasteiger partial charge is 0.251 e. The van der Waals surface area contributed by atoms with E-state index in [2.05, 4.69) is 31.3 Å². The molecule has 0 fully saturated rings. The SMILES string of the molecule is CC(C)c1ccc(C(N)CNC(=O)c2cccc(N)c2)cc1. The zero-order valence-electron chi connectivity index (χ0n) is 13.0. The number of amides is 1. The van der Waals surface area contributed by atoms with Gasteiger partial charge in [-0.1, -0.05) is 44.2 Å². The zero-order chi connectivity index (χ0) is 16.1. The van der Waals surface area contributed by atoms with Gasteiger partial charge in [0.1, 0.15) is 0 Å². The van der Waals surface area contributed by atoms with Gasteiger partial charge in [0.2, 0.25) is 0 Å². The van der Waals surface area contributed by atoms with Gasteiger partial charge in [0, 0.05) is 23.8 Å². The van der Waals surface area contributed by atoms with E-state index in [-0.39, 0.29) is 11.9 Å². The van der Waals surface area contributed by atoms with Crippen LogP contribution in [0.3, 0.4) is 0 Å². The maximum atomic E-state index is 12.1. The van der Waals surface area contributed by atoms with Crippen LogP contribution < -0.4 is 16.8 Å². The van der Waals surface area contributed by atoms with Crippen LogP contribution in [-0.4, -0.2) is 12.5 Å². The first-order valence-corrected chi connectivity index (χ1v) is 7.46. The summed E-state index contributed by atoms with van der Waals surface area (Å²) in [7, 11) is 0. The van der Waals surface area contributed by atoms with Crippen molar-refractivity contribution in [3.05, 3.63) is 65.2 Å². The number of hydrogen-bond acceptors (Lipinski definition) is 3. The molecule has 1 unspecified atom stereocenters. The quantitative estimate of drug-likeness (QED) is 0.742. The molecule has 0 saturated carbocycles. The second kappa shape index (κ2) is 7.09. The highest BCUT2D eigenvalue weighted by Gasteiger charge is 2.10. The lowest BCUT2D eigenvalue weighted by molar-refractivity contribution is 0.0951. The van der Waals surface area contributed by atoms with E-state index in [0.717, 1.165) is 5.56 Å². The van der Waals surface area contributed by atoms with Gasteiger partial charge >= 0.3 is 0 Å². The monoisotopic (exact) mass is 297 g/mol. The highest BCUT2D eigenvalue weighted by molar-refractivity contribution is 5.95. The lowest BCUT2D eigenvalue weighted by atomic mass is 9.99. The summed E-state index contributed by atoms with van der Waals surface area (Å²) in [5, 5.41) is 2.84. The third kappa shape index (κ3) is 4.09. The first-order valence-electron chi connectivity index (χ1n) is 7.46. The molecule has 0 aliphatic rings. The fraction of sp³-hybridized carbons (Fsp3) is 0.278. The van der Waals surface area contributed by atoms with Gasteiger partial charge in [-0.3, -0.25) is 4.79 Å². The van der Waals surface area contributed by atoms with E-state index in [9.17, 15) is 4.79 Å². The number of nitrogens with two attached hydrogens (primary N) is 2. The average molecular weight is 297 g/mol. The largest absolute Gasteiger partial charge is 0.399 e. The third-order valence-electron chi connectivity index (χ3n) is 3.66. The maximum Gasteiger partial charge on any atom is 0.251 e. The van der Waals surface area contributed by atoms with E-state index in [4.69, 9.17) is 11.5 Å². The van der Waals surface area contributed by atoms with E-state index in [1.54, 1.807) is 24.3 Å². The molecule has 4 heteroatoms. The summed E-state index contributed by atoms with van der Waals surface area (Å²) in [5.41, 5.74) is 15.2. The van der Waals surface area contributed by atoms with Crippen molar-refractivity contribution in [3.63, 3.8) is 0 Å². The molecule has 116 valence electrons. The van der Waals surface area contributed by atoms with Crippen molar-refractivity contribution in [2.45, 2.75) is 25.8 Å². The minimum atomic E-state index is -0.230. The molecule has 1 atom stereocenters. The fourth-order valence-corrected chi connectivity index (χ4v) is 2.23. The van der Waals surface area contributed by atoms with Crippen molar-refractivity contribution < 1.29 is 4.79 Å². The Labute approximate surface area is 131 Å². The molecule has 0 aliphatic heterocycles. The zero-order valence-corrected chi connectivity index (χ0v) is 13.0. The lowest BCUT2D eigenvalue weighted by Crippen LogP contribution is -2.31. The van der Waals surface area contributed by atoms with Gasteiger partial charge in [-0.2, -0.15) is 0 Å². The molecule has 0 spiro atoms. The molecular weight excluding hydrogens is 274 g/mol. The van der Waals surface area contributed by atoms with Gasteiger partial charge in [-0.05, 0) is 35.2 Å². The number of nitrogens with one attached hydrogen (secondary N) is 1. The molecule has 22 heavy (non-hydrogen) atoms. The molecule has 0 aliphatic carbocycles. The number of anilines is 1. The molecule has 0 saturated heterocycles. The first kappa shape index (κ1) is 16.0. The van der Waals surface area contributed by atoms with Gasteiger partial charge in [-0.25, -0.2) is 0 Å². The third-order valence-corrected chi connectivity index (χ3v) is 3.66. The van der Waals surface area contributed by atoms with Crippen molar-refractivity contribution >= 4 is 11.6 Å². The summed E-state index contributed by atoms with van der Waals surface area (Å²) in [5.74, 6) is 0.329. The normalized spacial score (nSPS) is 12.2. The summed E-state index contributed by atoms with van der Waals surface area (Å²) in [4.78, 5) is 12.1. The van der Waals surface area contributed by atoms with E-state index in [1.807, 2.05) is 12.1 Å². The fourth-order valence-electron chi connectivity index (χ4n) is 2.23. The molecular formula is C18H23N3O. The summed E-state index contributed by atoms with van der Waals surface area (Å²) in [6.07, 6.45) is 0. The van der Waals surface area contributed by atoms with Crippen LogP contribution in [0.25, 0.3) is 0 Å². The second-order valence-electron chi connectivity index (χ2n) is 5.76. The standard InChI is InChI=1S/C18H23N3O/c1-12(2)13-6-8-14(9-7-13)17(20)11-21-18(22)15-4-3-5-16(19)10-15/h3-10,12,17H,11,19-20H2,1-2H3,(H,21,22). The van der Waals surface area contributed by atoms with Crippen LogP contribution in [0.1, 0.15) is 47.3 Å². The number of hydrogen-bond donors (Lipinski definition) is 3. The molecule has 2 aromatic rings. The minimum Gasteiger partial charge on any atom is -0.399 e. The molecule has 0 aromatic heterocycles. The predicted molar refractivity (Wildman–Crippen MR) is 90.6 cm³/mol. The van der Waals surface area contributed by atoms with Crippen molar-refractivity contribution in [2.24, 2.45) is 5.73 Å². The first-order chi connectivity index (χ1) is 10.5. The summed E-state index contributed by atoms with van der Waals surface area (Å²) >= 11 is 0. The minimum absolute atomic E-state index is 0.165. The Balaban J connectivity index is 1.94. The summed E-state index contributed by atoms with van der Waals surface area (Å²) < 4.78 is 0. The van der Waals surface area contributed by atoms with Crippen LogP contribution in [0.15, 0.2) is 48.5 Å². The van der Waals surface area contributed by atoms with E-state index >= 15 is 0 Å². The maximum absolute atomic E-state index is 12.1. The van der Waals surface area contributed by atoms with Crippen LogP contribution in [0.2, 0.25) is 0 Å². The highest BCUT2D eigenvalue weighted by atomic mass is 16.1. The van der Waals surface area contributed by atoms with E-state index < -0.39 is 0 Å². The van der Waals surface area contributed by atoms with Gasteiger partial charge in [0.25, 0.3) is 5.91 Å². The van der Waals surface area contributed by atoms with Crippen molar-refractivity contribution in [3.8, 4) is 0 Å². The van der Waals surface area contributed by atoms with Gasteiger partial charge in [0.15, 0.2) is 0 Å². The Morgan fingerprint density at radius 1 is 1.09 bits per heavy atom. The Morgan fingerprint density at radius 2 is 1.73 bits per heavy atom. The Kier molecular flexibility index (Phi) is 5.17. The molecule has 0 radical (unpaired) electrons. The number of carbonyl (C=O) groups excluding carboxylic acids is 1. The Morgan fingerprint density at radius 3 is 2.32 bits per heavy atom. The van der Waals surface area contributed by atoms with E-state index in [0.29, 0.717) is 23.7 Å². The predicted octanol–water partition coefficient (Wildman–Crippen LogP) is 2.82. The van der Waals surface area contributed by atoms with Gasteiger partial charge in [-0.15, -0.1) is 0 Å². The van der Waals surface area contributed by atoms with Crippen LogP contribution in [-0.2, 0) is 0 Å². The second-order valence-corrected chi connectivity index (χ2v) is 5.76. The summed E-state index contributed by atoms with van der Waals surface area (Å²) in [6, 6.07) is 14.9. The number of rotatable bonds is 5. The molecule has 2 rings (SSSR count). The highest BCUT2D eigenvalue weighted by Crippen LogP contribution is 2.17.